The molecule has 0 saturated heterocycles. The predicted octanol–water partition coefficient (Wildman–Crippen LogP) is 3.30. The number of fused-ring (bicyclic) bond motifs is 2. The fourth-order valence-electron chi connectivity index (χ4n) is 5.00. The molecule has 0 radical (unpaired) electrons. The molecule has 5 aromatic rings. The molecule has 0 aliphatic heterocycles. The van der Waals surface area contributed by atoms with Crippen LogP contribution in [0.25, 0.3) is 21.8 Å². The zero-order chi connectivity index (χ0) is 28.2. The fourth-order valence-corrected chi connectivity index (χ4v) is 5.00. The van der Waals surface area contributed by atoms with Gasteiger partial charge in [-0.25, -0.2) is 4.79 Å². The van der Waals surface area contributed by atoms with Gasteiger partial charge in [0.25, 0.3) is 5.91 Å². The molecule has 0 spiro atoms. The van der Waals surface area contributed by atoms with E-state index in [0.717, 1.165) is 16.3 Å². The maximum Gasteiger partial charge on any atom is 0.329 e. The summed E-state index contributed by atoms with van der Waals surface area (Å²) in [6, 6.07) is 26.3. The number of aromatic nitrogens is 2. The maximum absolute atomic E-state index is 13.6. The zero-order valence-electron chi connectivity index (χ0n) is 21.6. The molecule has 4 N–H and O–H groups in total. The van der Waals surface area contributed by atoms with Gasteiger partial charge in [0.1, 0.15) is 6.10 Å². The highest BCUT2D eigenvalue weighted by Gasteiger charge is 2.24. The van der Waals surface area contributed by atoms with E-state index in [-0.39, 0.29) is 30.8 Å². The topological polar surface area (TPSA) is 134 Å². The van der Waals surface area contributed by atoms with Crippen LogP contribution in [0.5, 0.6) is 0 Å². The first-order chi connectivity index (χ1) is 19.4. The van der Waals surface area contributed by atoms with E-state index >= 15 is 0 Å². The number of aryl methyl sites for hydroxylation is 1. The van der Waals surface area contributed by atoms with E-state index in [0.29, 0.717) is 16.6 Å². The molecule has 204 valence electrons. The molecule has 5 rings (SSSR count). The lowest BCUT2D eigenvalue weighted by Crippen LogP contribution is -2.42. The number of hydrogen-bond acceptors (Lipinski definition) is 5. The summed E-state index contributed by atoms with van der Waals surface area (Å²) < 4.78 is 2.95. The molecule has 0 bridgehead atoms. The third-order valence-electron chi connectivity index (χ3n) is 7.07. The molecule has 0 aliphatic rings. The van der Waals surface area contributed by atoms with Gasteiger partial charge in [0.15, 0.2) is 0 Å². The summed E-state index contributed by atoms with van der Waals surface area (Å²) in [7, 11) is 0. The molecule has 0 aliphatic carbocycles. The summed E-state index contributed by atoms with van der Waals surface area (Å²) in [6.07, 6.45) is -1.39. The number of aliphatic hydroxyl groups excluding tert-OH is 2. The second-order valence-electron chi connectivity index (χ2n) is 9.62. The van der Waals surface area contributed by atoms with Crippen LogP contribution in [0.15, 0.2) is 95.8 Å². The first-order valence-corrected chi connectivity index (χ1v) is 12.9. The number of aliphatic carboxylic acids is 1. The number of imidazole rings is 1. The first kappa shape index (κ1) is 26.9. The molecule has 1 heterocycles. The fraction of sp³-hybridized carbons (Fsp3) is 0.194. The Labute approximate surface area is 229 Å². The van der Waals surface area contributed by atoms with Crippen LogP contribution in [0, 0.1) is 0 Å². The van der Waals surface area contributed by atoms with Crippen LogP contribution in [0.1, 0.15) is 34.0 Å². The van der Waals surface area contributed by atoms with Crippen molar-refractivity contribution < 1.29 is 24.9 Å². The number of aliphatic hydroxyl groups is 2. The van der Waals surface area contributed by atoms with Gasteiger partial charge in [-0.15, -0.1) is 0 Å². The number of carboxylic acids is 1. The van der Waals surface area contributed by atoms with Crippen LogP contribution in [0.4, 0.5) is 0 Å². The van der Waals surface area contributed by atoms with Crippen LogP contribution in [0.2, 0.25) is 0 Å². The van der Waals surface area contributed by atoms with Crippen LogP contribution in [0.3, 0.4) is 0 Å². The molecule has 4 aromatic carbocycles. The SMILES string of the molecule is O=C(O)CCn1c(=O)n(Cc2cccc3ccccc23)c2ccc(C(=O)N[C@@H](CO)[C@@H](O)c3ccccc3)cc21. The van der Waals surface area contributed by atoms with E-state index in [1.165, 1.54) is 10.6 Å². The predicted molar refractivity (Wildman–Crippen MR) is 151 cm³/mol. The highest BCUT2D eigenvalue weighted by molar-refractivity contribution is 5.97. The van der Waals surface area contributed by atoms with E-state index in [4.69, 9.17) is 0 Å². The van der Waals surface area contributed by atoms with Crippen LogP contribution in [-0.4, -0.2) is 49.0 Å². The van der Waals surface area contributed by atoms with E-state index in [2.05, 4.69) is 5.32 Å². The van der Waals surface area contributed by atoms with Crippen molar-refractivity contribution in [1.82, 2.24) is 14.5 Å². The summed E-state index contributed by atoms with van der Waals surface area (Å²) in [4.78, 5) is 38.1. The number of carbonyl (C=O) groups excluding carboxylic acids is 1. The first-order valence-electron chi connectivity index (χ1n) is 12.9. The number of nitrogens with one attached hydrogen (secondary N) is 1. The van der Waals surface area contributed by atoms with E-state index in [9.17, 15) is 29.7 Å². The van der Waals surface area contributed by atoms with Crippen molar-refractivity contribution in [2.45, 2.75) is 31.7 Å². The van der Waals surface area contributed by atoms with Crippen molar-refractivity contribution in [3.8, 4) is 0 Å². The highest BCUT2D eigenvalue weighted by Crippen LogP contribution is 2.23. The van der Waals surface area contributed by atoms with Crippen molar-refractivity contribution >= 4 is 33.7 Å². The van der Waals surface area contributed by atoms with Gasteiger partial charge < -0.3 is 20.6 Å². The Morgan fingerprint density at radius 3 is 2.33 bits per heavy atom. The summed E-state index contributed by atoms with van der Waals surface area (Å²) in [5.41, 5.74) is 2.28. The van der Waals surface area contributed by atoms with Crippen LogP contribution >= 0.6 is 0 Å². The average Bonchev–Trinajstić information content (AvgIpc) is 3.24. The van der Waals surface area contributed by atoms with E-state index in [1.54, 1.807) is 47.0 Å². The van der Waals surface area contributed by atoms with Crippen LogP contribution < -0.4 is 11.0 Å². The Balaban J connectivity index is 1.51. The molecule has 9 nitrogen and oxygen atoms in total. The lowest BCUT2D eigenvalue weighted by atomic mass is 10.0. The van der Waals surface area contributed by atoms with Crippen molar-refractivity contribution in [2.24, 2.45) is 0 Å². The van der Waals surface area contributed by atoms with Crippen molar-refractivity contribution in [1.29, 1.82) is 0 Å². The quantitative estimate of drug-likeness (QED) is 0.215. The zero-order valence-corrected chi connectivity index (χ0v) is 21.6. The molecule has 0 saturated carbocycles. The van der Waals surface area contributed by atoms with Crippen molar-refractivity contribution in [2.75, 3.05) is 6.61 Å². The van der Waals surface area contributed by atoms with Gasteiger partial charge in [-0.1, -0.05) is 72.8 Å². The number of hydrogen-bond donors (Lipinski definition) is 4. The summed E-state index contributed by atoms with van der Waals surface area (Å²) >= 11 is 0. The number of carbonyl (C=O) groups is 2. The molecular weight excluding hydrogens is 510 g/mol. The molecule has 1 amide bonds. The smallest absolute Gasteiger partial charge is 0.329 e. The molecule has 2 atom stereocenters. The highest BCUT2D eigenvalue weighted by atomic mass is 16.4. The van der Waals surface area contributed by atoms with Gasteiger partial charge in [-0.3, -0.25) is 18.7 Å². The number of nitrogens with zero attached hydrogens (tertiary/aromatic N) is 2. The minimum Gasteiger partial charge on any atom is -0.481 e. The van der Waals surface area contributed by atoms with E-state index in [1.807, 2.05) is 42.5 Å². The Hall–Kier alpha value is -4.73. The molecule has 0 unspecified atom stereocenters. The number of amides is 1. The van der Waals surface area contributed by atoms with Gasteiger partial charge >= 0.3 is 11.7 Å². The third kappa shape index (κ3) is 5.38. The lowest BCUT2D eigenvalue weighted by molar-refractivity contribution is -0.137. The number of rotatable bonds is 10. The van der Waals surface area contributed by atoms with Gasteiger partial charge in [-0.2, -0.15) is 0 Å². The summed E-state index contributed by atoms with van der Waals surface area (Å²) in [5, 5.41) is 34.6. The normalized spacial score (nSPS) is 12.8. The van der Waals surface area contributed by atoms with Crippen molar-refractivity contribution in [3.63, 3.8) is 0 Å². The molecule has 40 heavy (non-hydrogen) atoms. The minimum atomic E-state index is -1.13. The Morgan fingerprint density at radius 2 is 1.57 bits per heavy atom. The van der Waals surface area contributed by atoms with Gasteiger partial charge in [-0.05, 0) is 40.1 Å². The van der Waals surface area contributed by atoms with Gasteiger partial charge in [0.2, 0.25) is 0 Å². The molecule has 1 aromatic heterocycles. The van der Waals surface area contributed by atoms with Gasteiger partial charge in [0.05, 0.1) is 36.6 Å². The minimum absolute atomic E-state index is 0.0652. The standard InChI is InChI=1S/C31H29N3O6/c35-19-25(29(38)21-8-2-1-3-9-21)32-30(39)22-13-14-26-27(17-22)33(16-15-28(36)37)31(40)34(26)18-23-11-6-10-20-7-4-5-12-24(20)23/h1-14,17,25,29,35,38H,15-16,18-19H2,(H,32,39)(H,36,37)/t25-,29-/m0/s1. The summed E-state index contributed by atoms with van der Waals surface area (Å²) in [6.45, 7) is -0.294. The number of carboxylic acid groups (broad SMARTS) is 1. The van der Waals surface area contributed by atoms with E-state index < -0.39 is 30.6 Å². The summed E-state index contributed by atoms with van der Waals surface area (Å²) in [5.74, 6) is -1.59. The molecule has 0 fully saturated rings. The Kier molecular flexibility index (Phi) is 7.77. The maximum atomic E-state index is 13.6. The Morgan fingerprint density at radius 1 is 0.850 bits per heavy atom. The van der Waals surface area contributed by atoms with Crippen molar-refractivity contribution in [3.05, 3.63) is 118 Å². The third-order valence-corrected chi connectivity index (χ3v) is 7.07. The second kappa shape index (κ2) is 11.6. The van der Waals surface area contributed by atoms with Crippen LogP contribution in [-0.2, 0) is 17.9 Å². The molecular formula is C31H29N3O6. The number of benzene rings is 4. The average molecular weight is 540 g/mol. The second-order valence-corrected chi connectivity index (χ2v) is 9.62. The van der Waals surface area contributed by atoms with Gasteiger partial charge in [0, 0.05) is 12.1 Å². The molecule has 9 heteroatoms. The Bertz CT molecular complexity index is 1740. The monoisotopic (exact) mass is 539 g/mol. The lowest BCUT2D eigenvalue weighted by Gasteiger charge is -2.22. The largest absolute Gasteiger partial charge is 0.481 e.